The van der Waals surface area contributed by atoms with Crippen LogP contribution in [0.3, 0.4) is 0 Å². The maximum absolute atomic E-state index is 12.5. The van der Waals surface area contributed by atoms with Crippen LogP contribution in [-0.4, -0.2) is 50.1 Å². The van der Waals surface area contributed by atoms with Crippen LogP contribution in [0.5, 0.6) is 0 Å². The number of ketones is 1. The number of likely N-dealkylation sites (tertiary alicyclic amines) is 1. The first-order valence-electron chi connectivity index (χ1n) is 8.52. The molecule has 0 saturated carbocycles. The van der Waals surface area contributed by atoms with Crippen molar-refractivity contribution in [3.8, 4) is 0 Å². The van der Waals surface area contributed by atoms with Crippen molar-refractivity contribution < 1.29 is 22.7 Å². The molecule has 2 aliphatic rings. The van der Waals surface area contributed by atoms with Crippen LogP contribution in [0.25, 0.3) is 0 Å². The van der Waals surface area contributed by atoms with E-state index in [9.17, 15) is 18.0 Å². The molecule has 2 aliphatic heterocycles. The molecule has 1 saturated heterocycles. The number of ether oxygens (including phenoxy) is 1. The second-order valence-electron chi connectivity index (χ2n) is 7.52. The van der Waals surface area contributed by atoms with Crippen LogP contribution in [0.2, 0.25) is 0 Å². The summed E-state index contributed by atoms with van der Waals surface area (Å²) in [7, 11) is -3.75. The van der Waals surface area contributed by atoms with E-state index in [1.54, 1.807) is 43.9 Å². The lowest BCUT2D eigenvalue weighted by molar-refractivity contribution is -0.153. The van der Waals surface area contributed by atoms with Gasteiger partial charge in [-0.15, -0.1) is 4.40 Å². The number of esters is 1. The Balaban J connectivity index is 1.79. The molecule has 0 aliphatic carbocycles. The van der Waals surface area contributed by atoms with Gasteiger partial charge in [0.15, 0.2) is 18.2 Å². The first-order valence-corrected chi connectivity index (χ1v) is 9.96. The summed E-state index contributed by atoms with van der Waals surface area (Å²) in [5.41, 5.74) is -0.0870. The Kier molecular flexibility index (Phi) is 4.64. The van der Waals surface area contributed by atoms with Crippen LogP contribution in [0.1, 0.15) is 39.2 Å². The number of hydrogen-bond donors (Lipinski definition) is 0. The van der Waals surface area contributed by atoms with E-state index in [1.165, 1.54) is 6.07 Å². The van der Waals surface area contributed by atoms with Gasteiger partial charge >= 0.3 is 5.97 Å². The summed E-state index contributed by atoms with van der Waals surface area (Å²) in [6.07, 6.45) is 1.25. The van der Waals surface area contributed by atoms with Gasteiger partial charge in [-0.1, -0.05) is 32.9 Å². The molecule has 1 aromatic carbocycles. The Labute approximate surface area is 153 Å². The third kappa shape index (κ3) is 3.38. The Morgan fingerprint density at radius 3 is 2.65 bits per heavy atom. The molecule has 0 radical (unpaired) electrons. The van der Waals surface area contributed by atoms with Crippen molar-refractivity contribution in [1.29, 1.82) is 0 Å². The Hall–Kier alpha value is -2.22. The van der Waals surface area contributed by atoms with E-state index in [0.29, 0.717) is 24.9 Å². The van der Waals surface area contributed by atoms with Crippen molar-refractivity contribution in [2.75, 3.05) is 13.2 Å². The standard InChI is InChI=1S/C18H22N2O5S/c1-18(2,3)15(21)11-25-17(22)13-8-6-10-20(13)16-12-7-4-5-9-14(12)26(23,24)19-16/h4-5,7,9,13H,6,8,10-11H2,1-3H3/t13-/m0/s1. The molecule has 0 amide bonds. The van der Waals surface area contributed by atoms with Gasteiger partial charge in [-0.25, -0.2) is 4.79 Å². The van der Waals surface area contributed by atoms with Crippen molar-refractivity contribution in [3.63, 3.8) is 0 Å². The summed E-state index contributed by atoms with van der Waals surface area (Å²) in [4.78, 5) is 26.3. The molecule has 1 aromatic rings. The molecule has 26 heavy (non-hydrogen) atoms. The van der Waals surface area contributed by atoms with Gasteiger partial charge in [0.05, 0.1) is 0 Å². The highest BCUT2D eigenvalue weighted by Gasteiger charge is 2.40. The molecule has 1 atom stereocenters. The van der Waals surface area contributed by atoms with E-state index in [-0.39, 0.29) is 23.1 Å². The number of Topliss-reactive ketones (excluding diaryl/α,β-unsaturated/α-hetero) is 1. The normalized spacial score (nSPS) is 21.3. The van der Waals surface area contributed by atoms with Gasteiger partial charge in [-0.2, -0.15) is 8.42 Å². The van der Waals surface area contributed by atoms with Crippen molar-refractivity contribution in [2.24, 2.45) is 9.81 Å². The molecule has 0 bridgehead atoms. The highest BCUT2D eigenvalue weighted by Crippen LogP contribution is 2.31. The van der Waals surface area contributed by atoms with E-state index in [2.05, 4.69) is 4.40 Å². The number of amidine groups is 1. The maximum atomic E-state index is 12.5. The zero-order valence-corrected chi connectivity index (χ0v) is 15.9. The van der Waals surface area contributed by atoms with Crippen molar-refractivity contribution >= 4 is 27.6 Å². The number of carbonyl (C=O) groups is 2. The second kappa shape index (κ2) is 6.50. The van der Waals surface area contributed by atoms with Gasteiger partial charge in [-0.05, 0) is 25.0 Å². The lowest BCUT2D eigenvalue weighted by Gasteiger charge is -2.25. The maximum Gasteiger partial charge on any atom is 0.329 e. The minimum absolute atomic E-state index is 0.150. The summed E-state index contributed by atoms with van der Waals surface area (Å²) < 4.78 is 33.6. The summed E-state index contributed by atoms with van der Waals surface area (Å²) in [6.45, 7) is 5.52. The predicted octanol–water partition coefficient (Wildman–Crippen LogP) is 1.76. The Morgan fingerprint density at radius 2 is 1.96 bits per heavy atom. The molecule has 0 N–H and O–H groups in total. The summed E-state index contributed by atoms with van der Waals surface area (Å²) in [5, 5.41) is 0. The fraction of sp³-hybridized carbons (Fsp3) is 0.500. The number of nitrogens with zero attached hydrogens (tertiary/aromatic N) is 2. The van der Waals surface area contributed by atoms with Crippen LogP contribution >= 0.6 is 0 Å². The number of fused-ring (bicyclic) bond motifs is 1. The highest BCUT2D eigenvalue weighted by molar-refractivity contribution is 7.90. The Morgan fingerprint density at radius 1 is 1.27 bits per heavy atom. The average Bonchev–Trinajstić information content (AvgIpc) is 3.14. The van der Waals surface area contributed by atoms with Crippen molar-refractivity contribution in [1.82, 2.24) is 4.90 Å². The van der Waals surface area contributed by atoms with Gasteiger partial charge in [0.2, 0.25) is 0 Å². The molecule has 2 heterocycles. The average molecular weight is 378 g/mol. The molecule has 1 fully saturated rings. The van der Waals surface area contributed by atoms with Crippen molar-refractivity contribution in [2.45, 2.75) is 44.6 Å². The van der Waals surface area contributed by atoms with E-state index in [1.807, 2.05) is 0 Å². The molecule has 8 heteroatoms. The predicted molar refractivity (Wildman–Crippen MR) is 95.3 cm³/mol. The lowest BCUT2D eigenvalue weighted by Crippen LogP contribution is -2.42. The highest BCUT2D eigenvalue weighted by atomic mass is 32.2. The van der Waals surface area contributed by atoms with Gasteiger partial charge in [0, 0.05) is 17.5 Å². The zero-order valence-electron chi connectivity index (χ0n) is 15.1. The number of sulfonamides is 1. The number of hydrogen-bond acceptors (Lipinski definition) is 6. The van der Waals surface area contributed by atoms with Gasteiger partial charge < -0.3 is 9.64 Å². The minimum Gasteiger partial charge on any atom is -0.456 e. The van der Waals surface area contributed by atoms with Gasteiger partial charge in [-0.3, -0.25) is 4.79 Å². The summed E-state index contributed by atoms with van der Waals surface area (Å²) in [5.74, 6) is -0.409. The van der Waals surface area contributed by atoms with Crippen LogP contribution in [-0.2, 0) is 24.3 Å². The third-order valence-electron chi connectivity index (χ3n) is 4.59. The fourth-order valence-corrected chi connectivity index (χ4v) is 4.23. The molecular formula is C18H22N2O5S. The fourth-order valence-electron chi connectivity index (χ4n) is 3.01. The monoisotopic (exact) mass is 378 g/mol. The van der Waals surface area contributed by atoms with Gasteiger partial charge in [0.25, 0.3) is 10.0 Å². The van der Waals surface area contributed by atoms with Crippen molar-refractivity contribution in [3.05, 3.63) is 29.8 Å². The van der Waals surface area contributed by atoms with Crippen LogP contribution in [0, 0.1) is 5.41 Å². The van der Waals surface area contributed by atoms with Crippen LogP contribution in [0.4, 0.5) is 0 Å². The molecule has 140 valence electrons. The molecule has 7 nitrogen and oxygen atoms in total. The topological polar surface area (TPSA) is 93.1 Å². The summed E-state index contributed by atoms with van der Waals surface area (Å²) >= 11 is 0. The largest absolute Gasteiger partial charge is 0.456 e. The SMILES string of the molecule is CC(C)(C)C(=O)COC(=O)[C@@H]1CCCN1C1=NS(=O)(=O)c2ccccc21. The number of rotatable bonds is 3. The lowest BCUT2D eigenvalue weighted by atomic mass is 9.91. The molecule has 0 unspecified atom stereocenters. The minimum atomic E-state index is -3.75. The van der Waals surface area contributed by atoms with E-state index in [4.69, 9.17) is 4.74 Å². The first kappa shape index (κ1) is 18.6. The smallest absolute Gasteiger partial charge is 0.329 e. The first-order chi connectivity index (χ1) is 12.1. The van der Waals surface area contributed by atoms with E-state index in [0.717, 1.165) is 0 Å². The van der Waals surface area contributed by atoms with E-state index < -0.39 is 27.4 Å². The number of carbonyl (C=O) groups excluding carboxylic acids is 2. The second-order valence-corrected chi connectivity index (χ2v) is 9.09. The van der Waals surface area contributed by atoms with Crippen LogP contribution in [0.15, 0.2) is 33.6 Å². The molecule has 0 spiro atoms. The molecule has 0 aromatic heterocycles. The van der Waals surface area contributed by atoms with Crippen LogP contribution < -0.4 is 0 Å². The zero-order chi connectivity index (χ0) is 19.1. The number of benzene rings is 1. The third-order valence-corrected chi connectivity index (χ3v) is 5.92. The Bertz CT molecular complexity index is 883. The summed E-state index contributed by atoms with van der Waals surface area (Å²) in [6, 6.07) is 5.93. The molecular weight excluding hydrogens is 356 g/mol. The molecule has 3 rings (SSSR count). The quantitative estimate of drug-likeness (QED) is 0.744. The van der Waals surface area contributed by atoms with Gasteiger partial charge in [0.1, 0.15) is 10.9 Å². The van der Waals surface area contributed by atoms with E-state index >= 15 is 0 Å².